The van der Waals surface area contributed by atoms with Crippen molar-refractivity contribution in [1.82, 2.24) is 34.3 Å². The highest BCUT2D eigenvalue weighted by molar-refractivity contribution is 7.98. The topological polar surface area (TPSA) is 154 Å². The molecule has 2 saturated heterocycles. The number of aromatic nitrogens is 4. The van der Waals surface area contributed by atoms with Gasteiger partial charge in [0.15, 0.2) is 17.4 Å². The van der Waals surface area contributed by atoms with E-state index in [2.05, 4.69) is 26.1 Å². The Morgan fingerprint density at radius 1 is 1.08 bits per heavy atom. The minimum absolute atomic E-state index is 0.0702. The van der Waals surface area contributed by atoms with E-state index in [1.54, 1.807) is 29.9 Å². The number of halogens is 2. The molecule has 3 aromatic carbocycles. The zero-order valence-corrected chi connectivity index (χ0v) is 36.3. The summed E-state index contributed by atoms with van der Waals surface area (Å²) in [4.78, 5) is 37.3. The van der Waals surface area contributed by atoms with Crippen LogP contribution >= 0.6 is 12.1 Å². The number of carbonyl (C=O) groups is 2. The number of amides is 3. The van der Waals surface area contributed by atoms with Gasteiger partial charge in [-0.3, -0.25) is 24.7 Å². The molecule has 3 aliphatic rings. The van der Waals surface area contributed by atoms with Crippen LogP contribution in [0.15, 0.2) is 48.7 Å². The third-order valence-electron chi connectivity index (χ3n) is 12.8. The molecule has 14 nitrogen and oxygen atoms in total. The maximum absolute atomic E-state index is 15.9. The van der Waals surface area contributed by atoms with E-state index in [9.17, 15) is 14.9 Å². The van der Waals surface area contributed by atoms with Crippen molar-refractivity contribution in [1.29, 1.82) is 5.26 Å². The number of anilines is 2. The van der Waals surface area contributed by atoms with Crippen molar-refractivity contribution in [3.05, 3.63) is 77.1 Å². The SMILES string of the molecule is CCCN(C(=O)NC=O)c1nn(C)c2cc(C3CCC(N4CCC5(CC4)CC(c4cnc6ccc(Oc7c(F)ccc(NSN(C)CC)c7C#N)cc6n4)CO5)CC3)c(F)cc12. The quantitative estimate of drug-likeness (QED) is 0.0862. The first kappa shape index (κ1) is 43.2. The molecule has 2 aromatic heterocycles. The lowest BCUT2D eigenvalue weighted by molar-refractivity contribution is -0.108. The van der Waals surface area contributed by atoms with E-state index in [4.69, 9.17) is 19.4 Å². The molecule has 2 aliphatic heterocycles. The Morgan fingerprint density at radius 3 is 2.60 bits per heavy atom. The lowest BCUT2D eigenvalue weighted by Gasteiger charge is -2.44. The molecule has 1 saturated carbocycles. The number of carbonyl (C=O) groups excluding carboxylic acids is 2. The molecule has 0 radical (unpaired) electrons. The molecule has 5 aromatic rings. The van der Waals surface area contributed by atoms with E-state index >= 15 is 8.78 Å². The van der Waals surface area contributed by atoms with Gasteiger partial charge in [0.05, 0.1) is 40.1 Å². The molecule has 1 unspecified atom stereocenters. The maximum atomic E-state index is 15.9. The number of benzene rings is 3. The third kappa shape index (κ3) is 8.78. The number of nitriles is 1. The van der Waals surface area contributed by atoms with Crippen molar-refractivity contribution in [2.45, 2.75) is 88.7 Å². The number of urea groups is 1. The van der Waals surface area contributed by atoms with Gasteiger partial charge in [-0.05, 0) is 106 Å². The smallest absolute Gasteiger partial charge is 0.329 e. The first-order valence-corrected chi connectivity index (χ1v) is 22.2. The number of hydrogen-bond donors (Lipinski definition) is 2. The first-order valence-electron chi connectivity index (χ1n) is 21.4. The number of hydrogen-bond acceptors (Lipinski definition) is 12. The van der Waals surface area contributed by atoms with Crippen LogP contribution in [-0.4, -0.2) is 92.9 Å². The summed E-state index contributed by atoms with van der Waals surface area (Å²) in [5.41, 5.74) is 3.86. The van der Waals surface area contributed by atoms with Crippen LogP contribution < -0.4 is 19.7 Å². The average molecular weight is 867 g/mol. The Balaban J connectivity index is 0.879. The molecule has 1 spiro atoms. The van der Waals surface area contributed by atoms with Gasteiger partial charge in [0.1, 0.15) is 23.2 Å². The van der Waals surface area contributed by atoms with Crippen molar-refractivity contribution in [3.8, 4) is 17.6 Å². The average Bonchev–Trinajstić information content (AvgIpc) is 3.84. The van der Waals surface area contributed by atoms with Crippen LogP contribution in [0.5, 0.6) is 11.5 Å². The van der Waals surface area contributed by atoms with Gasteiger partial charge in [-0.25, -0.2) is 22.9 Å². The fourth-order valence-corrected chi connectivity index (χ4v) is 9.86. The second-order valence-corrected chi connectivity index (χ2v) is 17.6. The van der Waals surface area contributed by atoms with Crippen molar-refractivity contribution in [3.63, 3.8) is 0 Å². The van der Waals surface area contributed by atoms with Crippen LogP contribution in [-0.2, 0) is 16.6 Å². The van der Waals surface area contributed by atoms with Crippen LogP contribution in [0.25, 0.3) is 21.9 Å². The minimum atomic E-state index is -0.639. The summed E-state index contributed by atoms with van der Waals surface area (Å²) in [7, 11) is 3.70. The van der Waals surface area contributed by atoms with Crippen LogP contribution in [0.2, 0.25) is 0 Å². The molecule has 3 fully saturated rings. The Kier molecular flexibility index (Phi) is 12.9. The molecule has 0 bridgehead atoms. The van der Waals surface area contributed by atoms with E-state index in [0.717, 1.165) is 75.8 Å². The predicted octanol–water partition coefficient (Wildman–Crippen LogP) is 8.53. The van der Waals surface area contributed by atoms with E-state index in [1.807, 2.05) is 37.5 Å². The zero-order valence-electron chi connectivity index (χ0n) is 35.5. The Morgan fingerprint density at radius 2 is 1.87 bits per heavy atom. The number of fused-ring (bicyclic) bond motifs is 2. The van der Waals surface area contributed by atoms with Crippen molar-refractivity contribution in [2.24, 2.45) is 7.05 Å². The molecule has 17 heteroatoms. The number of imide groups is 1. The largest absolute Gasteiger partial charge is 0.453 e. The molecular weight excluding hydrogens is 815 g/mol. The Labute approximate surface area is 364 Å². The molecule has 4 heterocycles. The number of aryl methyl sites for hydroxylation is 1. The van der Waals surface area contributed by atoms with Gasteiger partial charge in [0.25, 0.3) is 0 Å². The minimum Gasteiger partial charge on any atom is -0.453 e. The summed E-state index contributed by atoms with van der Waals surface area (Å²) in [6.07, 6.45) is 9.21. The molecule has 62 heavy (non-hydrogen) atoms. The van der Waals surface area contributed by atoms with E-state index < -0.39 is 11.8 Å². The predicted molar refractivity (Wildman–Crippen MR) is 235 cm³/mol. The van der Waals surface area contributed by atoms with Crippen LogP contribution in [0.1, 0.15) is 93.9 Å². The molecule has 2 N–H and O–H groups in total. The normalized spacial score (nSPS) is 20.1. The van der Waals surface area contributed by atoms with Crippen LogP contribution in [0.3, 0.4) is 0 Å². The molecule has 326 valence electrons. The summed E-state index contributed by atoms with van der Waals surface area (Å²) in [5.74, 6) is -0.245. The van der Waals surface area contributed by atoms with Crippen molar-refractivity contribution >= 4 is 58.0 Å². The second-order valence-electron chi connectivity index (χ2n) is 16.6. The summed E-state index contributed by atoms with van der Waals surface area (Å²) >= 11 is 1.31. The van der Waals surface area contributed by atoms with E-state index in [-0.39, 0.29) is 34.6 Å². The molecule has 8 rings (SSSR count). The maximum Gasteiger partial charge on any atom is 0.329 e. The number of rotatable bonds is 13. The monoisotopic (exact) mass is 866 g/mol. The first-order chi connectivity index (χ1) is 30.0. The Bertz CT molecular complexity index is 2500. The molecule has 3 amide bonds. The standard InChI is InChI=1S/C45H52F2N10O4S/c1-5-17-57(44(59)50-27-58)43-33-21-36(47)32(22-41(33)55(4)52-43)28-7-9-30(10-8-28)56-18-15-45(16-19-56)23-29(26-60-45)40-25-49-38-13-11-31(20-39(38)51-40)61-42-34(24-48)37(14-12-35(42)46)53-62-54(3)6-2/h11-14,20-22,25,27-30,53H,5-10,15-19,23,26H2,1-4H3,(H,50,58,59). The molecular formula is C45H52F2N10O4S. The molecule has 1 atom stereocenters. The van der Waals surface area contributed by atoms with Gasteiger partial charge in [-0.2, -0.15) is 10.4 Å². The highest BCUT2D eigenvalue weighted by Crippen LogP contribution is 2.45. The number of likely N-dealkylation sites (tertiary alicyclic amines) is 1. The fourth-order valence-electron chi connectivity index (χ4n) is 9.30. The number of piperidine rings is 1. The van der Waals surface area contributed by atoms with Crippen LogP contribution in [0, 0.1) is 23.0 Å². The highest BCUT2D eigenvalue weighted by Gasteiger charge is 2.45. The highest BCUT2D eigenvalue weighted by atomic mass is 32.2. The third-order valence-corrected chi connectivity index (χ3v) is 13.7. The van der Waals surface area contributed by atoms with Gasteiger partial charge in [0.2, 0.25) is 6.41 Å². The number of ether oxygens (including phenoxy) is 2. The van der Waals surface area contributed by atoms with Gasteiger partial charge in [-0.15, -0.1) is 0 Å². The lowest BCUT2D eigenvalue weighted by Crippen LogP contribution is -2.48. The van der Waals surface area contributed by atoms with Gasteiger partial charge < -0.3 is 19.1 Å². The summed E-state index contributed by atoms with van der Waals surface area (Å²) < 4.78 is 50.3. The van der Waals surface area contributed by atoms with Crippen molar-refractivity contribution < 1.29 is 27.8 Å². The van der Waals surface area contributed by atoms with Gasteiger partial charge >= 0.3 is 6.03 Å². The summed E-state index contributed by atoms with van der Waals surface area (Å²) in [6.45, 7) is 7.46. The number of nitrogens with one attached hydrogen (secondary N) is 2. The lowest BCUT2D eigenvalue weighted by atomic mass is 9.79. The number of nitrogens with zero attached hydrogens (tertiary/aromatic N) is 8. The van der Waals surface area contributed by atoms with Gasteiger partial charge in [-0.1, -0.05) is 13.8 Å². The summed E-state index contributed by atoms with van der Waals surface area (Å²) in [5, 5.41) is 17.2. The fraction of sp³-hybridized carbons (Fsp3) is 0.467. The summed E-state index contributed by atoms with van der Waals surface area (Å²) in [6, 6.07) is 13.3. The van der Waals surface area contributed by atoms with Gasteiger partial charge in [0, 0.05) is 75.0 Å². The van der Waals surface area contributed by atoms with Crippen molar-refractivity contribution in [2.75, 3.05) is 49.5 Å². The second kappa shape index (κ2) is 18.5. The van der Waals surface area contributed by atoms with Crippen LogP contribution in [0.4, 0.5) is 25.1 Å². The Hall–Kier alpha value is -5.41. The van der Waals surface area contributed by atoms with E-state index in [0.29, 0.717) is 71.3 Å². The van der Waals surface area contributed by atoms with E-state index in [1.165, 1.54) is 35.2 Å². The molecule has 1 aliphatic carbocycles. The zero-order chi connectivity index (χ0) is 43.5.